The second-order valence-corrected chi connectivity index (χ2v) is 5.91. The van der Waals surface area contributed by atoms with E-state index in [1.807, 2.05) is 18.2 Å². The second kappa shape index (κ2) is 8.25. The van der Waals surface area contributed by atoms with Crippen molar-refractivity contribution in [3.05, 3.63) is 100 Å². The lowest BCUT2D eigenvalue weighted by Crippen LogP contribution is -2.27. The van der Waals surface area contributed by atoms with Crippen LogP contribution >= 0.6 is 0 Å². The van der Waals surface area contributed by atoms with Crippen LogP contribution in [0.4, 0.5) is 4.39 Å². The Hall–Kier alpha value is -3.21. The van der Waals surface area contributed by atoms with Gasteiger partial charge in [0, 0.05) is 24.5 Å². The van der Waals surface area contributed by atoms with E-state index in [2.05, 4.69) is 5.32 Å². The number of nitrogens with one attached hydrogen (secondary N) is 1. The van der Waals surface area contributed by atoms with Crippen LogP contribution in [0.1, 0.15) is 22.3 Å². The lowest BCUT2D eigenvalue weighted by Gasteiger charge is -2.09. The SMILES string of the molecule is O=C(NCCCc1ccccc1F)c1ccc(=O)n(-c2ccccc2)c1. The van der Waals surface area contributed by atoms with Gasteiger partial charge in [-0.25, -0.2) is 4.39 Å². The van der Waals surface area contributed by atoms with Gasteiger partial charge in [-0.2, -0.15) is 0 Å². The first-order chi connectivity index (χ1) is 12.6. The predicted octanol–water partition coefficient (Wildman–Crippen LogP) is 3.34. The summed E-state index contributed by atoms with van der Waals surface area (Å²) in [4.78, 5) is 24.4. The third-order valence-corrected chi connectivity index (χ3v) is 4.07. The molecule has 1 amide bonds. The summed E-state index contributed by atoms with van der Waals surface area (Å²) >= 11 is 0. The van der Waals surface area contributed by atoms with Crippen LogP contribution in [0.5, 0.6) is 0 Å². The maximum atomic E-state index is 13.6. The van der Waals surface area contributed by atoms with Crippen molar-refractivity contribution in [1.82, 2.24) is 9.88 Å². The summed E-state index contributed by atoms with van der Waals surface area (Å²) in [5.74, 6) is -0.489. The van der Waals surface area contributed by atoms with Crippen LogP contribution < -0.4 is 10.9 Å². The van der Waals surface area contributed by atoms with Crippen molar-refractivity contribution in [2.45, 2.75) is 12.8 Å². The van der Waals surface area contributed by atoms with E-state index in [-0.39, 0.29) is 17.3 Å². The van der Waals surface area contributed by atoms with Gasteiger partial charge in [-0.3, -0.25) is 14.2 Å². The Kier molecular flexibility index (Phi) is 5.59. The molecule has 1 N–H and O–H groups in total. The molecule has 3 aromatic rings. The van der Waals surface area contributed by atoms with Gasteiger partial charge in [0.2, 0.25) is 0 Å². The molecule has 0 fully saturated rings. The standard InChI is InChI=1S/C21H19FN2O2/c22-19-11-5-4-7-16(19)8-6-14-23-21(26)17-12-13-20(25)24(15-17)18-9-2-1-3-10-18/h1-5,7,9-13,15H,6,8,14H2,(H,23,26). The highest BCUT2D eigenvalue weighted by Crippen LogP contribution is 2.09. The number of benzene rings is 2. The van der Waals surface area contributed by atoms with Gasteiger partial charge in [-0.15, -0.1) is 0 Å². The first-order valence-corrected chi connectivity index (χ1v) is 8.45. The van der Waals surface area contributed by atoms with E-state index in [4.69, 9.17) is 0 Å². The van der Waals surface area contributed by atoms with Crippen molar-refractivity contribution in [2.24, 2.45) is 0 Å². The zero-order valence-corrected chi connectivity index (χ0v) is 14.2. The summed E-state index contributed by atoms with van der Waals surface area (Å²) in [6.45, 7) is 0.428. The topological polar surface area (TPSA) is 51.1 Å². The Morgan fingerprint density at radius 1 is 0.962 bits per heavy atom. The highest BCUT2D eigenvalue weighted by atomic mass is 19.1. The van der Waals surface area contributed by atoms with Gasteiger partial charge < -0.3 is 5.32 Å². The summed E-state index contributed by atoms with van der Waals surface area (Å²) in [6, 6.07) is 18.6. The van der Waals surface area contributed by atoms with E-state index < -0.39 is 0 Å². The lowest BCUT2D eigenvalue weighted by atomic mass is 10.1. The van der Waals surface area contributed by atoms with Gasteiger partial charge in [-0.1, -0.05) is 36.4 Å². The van der Waals surface area contributed by atoms with Gasteiger partial charge in [-0.05, 0) is 42.7 Å². The van der Waals surface area contributed by atoms with Crippen LogP contribution in [0.15, 0.2) is 77.7 Å². The average Bonchev–Trinajstić information content (AvgIpc) is 2.67. The van der Waals surface area contributed by atoms with E-state index in [9.17, 15) is 14.0 Å². The Bertz CT molecular complexity index is 951. The van der Waals surface area contributed by atoms with Gasteiger partial charge in [0.1, 0.15) is 5.82 Å². The molecule has 0 radical (unpaired) electrons. The molecule has 0 saturated heterocycles. The van der Waals surface area contributed by atoms with E-state index >= 15 is 0 Å². The van der Waals surface area contributed by atoms with Gasteiger partial charge in [0.15, 0.2) is 0 Å². The van der Waals surface area contributed by atoms with Crippen molar-refractivity contribution >= 4 is 5.91 Å². The molecule has 2 aromatic carbocycles. The summed E-state index contributed by atoms with van der Waals surface area (Å²) in [6.07, 6.45) is 2.71. The molecule has 26 heavy (non-hydrogen) atoms. The number of halogens is 1. The molecule has 1 heterocycles. The minimum Gasteiger partial charge on any atom is -0.352 e. The molecule has 0 aliphatic carbocycles. The molecule has 0 aliphatic heterocycles. The van der Waals surface area contributed by atoms with Crippen LogP contribution in [0.3, 0.4) is 0 Å². The Morgan fingerprint density at radius 2 is 1.69 bits per heavy atom. The first kappa shape index (κ1) is 17.6. The normalized spacial score (nSPS) is 10.5. The Labute approximate surface area is 150 Å². The Balaban J connectivity index is 1.62. The van der Waals surface area contributed by atoms with Crippen LogP contribution in [0.25, 0.3) is 5.69 Å². The predicted molar refractivity (Wildman–Crippen MR) is 99.1 cm³/mol. The van der Waals surface area contributed by atoms with Crippen molar-refractivity contribution in [3.8, 4) is 5.69 Å². The number of nitrogens with zero attached hydrogens (tertiary/aromatic N) is 1. The number of aromatic nitrogens is 1. The minimum absolute atomic E-state index is 0.202. The van der Waals surface area contributed by atoms with E-state index in [0.717, 1.165) is 0 Å². The molecule has 1 aromatic heterocycles. The molecule has 0 saturated carbocycles. The average molecular weight is 350 g/mol. The van der Waals surface area contributed by atoms with E-state index in [0.29, 0.717) is 36.2 Å². The number of para-hydroxylation sites is 1. The number of pyridine rings is 1. The van der Waals surface area contributed by atoms with E-state index in [1.54, 1.807) is 30.3 Å². The van der Waals surface area contributed by atoms with Crippen LogP contribution in [-0.2, 0) is 6.42 Å². The minimum atomic E-state index is -0.261. The molecule has 0 spiro atoms. The summed E-state index contributed by atoms with van der Waals surface area (Å²) < 4.78 is 15.0. The molecule has 0 unspecified atom stereocenters. The number of carbonyl (C=O) groups excluding carboxylic acids is 1. The van der Waals surface area contributed by atoms with Crippen LogP contribution in [-0.4, -0.2) is 17.0 Å². The molecule has 4 nitrogen and oxygen atoms in total. The molecule has 0 aliphatic rings. The lowest BCUT2D eigenvalue weighted by molar-refractivity contribution is 0.0952. The summed E-state index contributed by atoms with van der Waals surface area (Å²) in [5.41, 5.74) is 1.54. The third-order valence-electron chi connectivity index (χ3n) is 4.07. The number of hydrogen-bond acceptors (Lipinski definition) is 2. The highest BCUT2D eigenvalue weighted by Gasteiger charge is 2.08. The monoisotopic (exact) mass is 350 g/mol. The van der Waals surface area contributed by atoms with Gasteiger partial charge in [0.05, 0.1) is 5.56 Å². The molecule has 132 valence electrons. The number of carbonyl (C=O) groups is 1. The quantitative estimate of drug-likeness (QED) is 0.693. The number of amides is 1. The molecule has 0 bridgehead atoms. The Morgan fingerprint density at radius 3 is 2.46 bits per heavy atom. The zero-order chi connectivity index (χ0) is 18.4. The highest BCUT2D eigenvalue weighted by molar-refractivity contribution is 5.93. The fourth-order valence-electron chi connectivity index (χ4n) is 2.70. The largest absolute Gasteiger partial charge is 0.352 e. The van der Waals surface area contributed by atoms with Crippen molar-refractivity contribution in [2.75, 3.05) is 6.54 Å². The van der Waals surface area contributed by atoms with Crippen LogP contribution in [0, 0.1) is 5.82 Å². The maximum Gasteiger partial charge on any atom is 0.255 e. The van der Waals surface area contributed by atoms with Gasteiger partial charge >= 0.3 is 0 Å². The molecule has 3 rings (SSSR count). The molecular formula is C21H19FN2O2. The fourth-order valence-corrected chi connectivity index (χ4v) is 2.70. The number of rotatable bonds is 6. The molecule has 5 heteroatoms. The van der Waals surface area contributed by atoms with E-state index in [1.165, 1.54) is 29.0 Å². The first-order valence-electron chi connectivity index (χ1n) is 8.45. The molecule has 0 atom stereocenters. The fraction of sp³-hybridized carbons (Fsp3) is 0.143. The maximum absolute atomic E-state index is 13.6. The van der Waals surface area contributed by atoms with Crippen molar-refractivity contribution < 1.29 is 9.18 Å². The molecular weight excluding hydrogens is 331 g/mol. The second-order valence-electron chi connectivity index (χ2n) is 5.91. The van der Waals surface area contributed by atoms with Crippen molar-refractivity contribution in [3.63, 3.8) is 0 Å². The third kappa shape index (κ3) is 4.25. The van der Waals surface area contributed by atoms with Crippen molar-refractivity contribution in [1.29, 1.82) is 0 Å². The zero-order valence-electron chi connectivity index (χ0n) is 14.2. The smallest absolute Gasteiger partial charge is 0.255 e. The number of hydrogen-bond donors (Lipinski definition) is 1. The summed E-state index contributed by atoms with van der Waals surface area (Å²) in [7, 11) is 0. The van der Waals surface area contributed by atoms with Gasteiger partial charge in [0.25, 0.3) is 11.5 Å². The number of aryl methyl sites for hydroxylation is 1. The van der Waals surface area contributed by atoms with Crippen LogP contribution in [0.2, 0.25) is 0 Å². The summed E-state index contributed by atoms with van der Waals surface area (Å²) in [5, 5.41) is 2.81.